The molecule has 464 valence electrons. The SMILES string of the molecule is O=C(c1ccccc1)c1ccc2cc1OCCCCCCOc1cc(ccc1C(=O)c1ccccc1)OCc1ccc(cc1)COc1ccc(C(=O)c3ccccc3)c(c1)OCCCCCCOc1cc(ccc1C(=O)c1ccccc1)OCc1ccc(cc1)CO2. The first-order valence-corrected chi connectivity index (χ1v) is 31.4. The molecule has 0 saturated carbocycles. The standard InChI is InChI=1S/C80H72O12/c81-77(61-21-9-5-10-22-61)69-41-37-65-49-73(69)85-45-17-1-2-18-46-86-74-50-66(38-42-70(74)78(82)62-23-11-6-12-24-62)90-54-58-33-35-60(36-34-58)56-92-68-40-44-72(80(84)64-27-15-8-16-28-64)76(52-68)88-48-20-4-3-19-47-87-75-51-67(91-55-59-31-29-57(30-32-59)53-89-65)39-43-71(75)79(83)63-25-13-7-14-26-63/h5-16,21-44,49-52H,1-4,17-20,45-48,53-56H2. The highest BCUT2D eigenvalue weighted by Crippen LogP contribution is 2.33. The van der Waals surface area contributed by atoms with Crippen LogP contribution in [-0.4, -0.2) is 49.6 Å². The fraction of sp³-hybridized carbons (Fsp3) is 0.200. The smallest absolute Gasteiger partial charge is 0.196 e. The molecule has 4 heterocycles. The van der Waals surface area contributed by atoms with Gasteiger partial charge in [0.05, 0.1) is 48.7 Å². The molecule has 4 aliphatic rings. The highest BCUT2D eigenvalue weighted by molar-refractivity contribution is 6.12. The molecule has 0 amide bonds. The molecule has 14 rings (SSSR count). The lowest BCUT2D eigenvalue weighted by atomic mass is 10.0. The molecule has 12 heteroatoms. The second-order valence-electron chi connectivity index (χ2n) is 22.4. The van der Waals surface area contributed by atoms with Crippen molar-refractivity contribution in [3.05, 3.63) is 309 Å². The molecule has 92 heavy (non-hydrogen) atoms. The van der Waals surface area contributed by atoms with E-state index >= 15 is 0 Å². The zero-order valence-corrected chi connectivity index (χ0v) is 51.3. The quantitative estimate of drug-likeness (QED) is 0.134. The molecule has 0 aromatic heterocycles. The summed E-state index contributed by atoms with van der Waals surface area (Å²) in [5.74, 6) is 3.44. The van der Waals surface area contributed by atoms with E-state index in [4.69, 9.17) is 37.9 Å². The molecule has 10 aromatic carbocycles. The van der Waals surface area contributed by atoms with Crippen LogP contribution in [0.25, 0.3) is 0 Å². The number of carbonyl (C=O) groups is 4. The molecule has 0 N–H and O–H groups in total. The predicted octanol–water partition coefficient (Wildman–Crippen LogP) is 17.3. The Morgan fingerprint density at radius 1 is 0.217 bits per heavy atom. The van der Waals surface area contributed by atoms with E-state index in [9.17, 15) is 19.2 Å². The summed E-state index contributed by atoms with van der Waals surface area (Å²) in [4.78, 5) is 55.3. The summed E-state index contributed by atoms with van der Waals surface area (Å²) in [6.45, 7) is 2.61. The Balaban J connectivity index is 0.793. The Kier molecular flexibility index (Phi) is 22.0. The largest absolute Gasteiger partial charge is 0.493 e. The third kappa shape index (κ3) is 17.4. The lowest BCUT2D eigenvalue weighted by molar-refractivity contribution is 0.102. The molecule has 0 atom stereocenters. The first kappa shape index (κ1) is 62.9. The highest BCUT2D eigenvalue weighted by atomic mass is 16.5. The van der Waals surface area contributed by atoms with E-state index in [1.165, 1.54) is 0 Å². The van der Waals surface area contributed by atoms with Crippen molar-refractivity contribution in [2.45, 2.75) is 77.8 Å². The predicted molar refractivity (Wildman–Crippen MR) is 354 cm³/mol. The second kappa shape index (κ2) is 32.1. The van der Waals surface area contributed by atoms with Gasteiger partial charge in [-0.05, 0) is 122 Å². The molecule has 0 saturated heterocycles. The first-order valence-electron chi connectivity index (χ1n) is 31.4. The van der Waals surface area contributed by atoms with Crippen LogP contribution >= 0.6 is 0 Å². The van der Waals surface area contributed by atoms with E-state index < -0.39 is 0 Å². The second-order valence-corrected chi connectivity index (χ2v) is 22.4. The highest BCUT2D eigenvalue weighted by Gasteiger charge is 2.21. The van der Waals surface area contributed by atoms with Crippen LogP contribution in [0.1, 0.15) is 137 Å². The van der Waals surface area contributed by atoms with E-state index in [0.29, 0.717) is 117 Å². The summed E-state index contributed by atoms with van der Waals surface area (Å²) in [5, 5.41) is 0. The Hall–Kier alpha value is -10.7. The lowest BCUT2D eigenvalue weighted by Crippen LogP contribution is -2.08. The van der Waals surface area contributed by atoms with Gasteiger partial charge in [-0.2, -0.15) is 0 Å². The van der Waals surface area contributed by atoms with E-state index in [-0.39, 0.29) is 49.6 Å². The average Bonchev–Trinajstić information content (AvgIpc) is 2.20. The van der Waals surface area contributed by atoms with Gasteiger partial charge in [-0.1, -0.05) is 170 Å². The summed E-state index contributed by atoms with van der Waals surface area (Å²) >= 11 is 0. The summed E-state index contributed by atoms with van der Waals surface area (Å²) in [5.41, 5.74) is 7.76. The van der Waals surface area contributed by atoms with Gasteiger partial charge in [-0.3, -0.25) is 19.2 Å². The van der Waals surface area contributed by atoms with Gasteiger partial charge in [0, 0.05) is 46.5 Å². The van der Waals surface area contributed by atoms with Gasteiger partial charge in [0.1, 0.15) is 72.4 Å². The number of carbonyl (C=O) groups excluding carboxylic acids is 4. The van der Waals surface area contributed by atoms with Gasteiger partial charge in [0.15, 0.2) is 23.1 Å². The molecule has 0 fully saturated rings. The monoisotopic (exact) mass is 1220 g/mol. The Bertz CT molecular complexity index is 3530. The Morgan fingerprint density at radius 3 is 0.630 bits per heavy atom. The summed E-state index contributed by atoms with van der Waals surface area (Å²) in [6.07, 6.45) is 6.26. The normalized spacial score (nSPS) is 13.8. The molecule has 0 aliphatic carbocycles. The third-order valence-corrected chi connectivity index (χ3v) is 15.7. The molecular weight excluding hydrogens is 1150 g/mol. The van der Waals surface area contributed by atoms with Crippen LogP contribution in [0.2, 0.25) is 0 Å². The number of benzene rings is 10. The van der Waals surface area contributed by atoms with Gasteiger partial charge in [0.25, 0.3) is 0 Å². The van der Waals surface area contributed by atoms with Crippen molar-refractivity contribution in [1.29, 1.82) is 0 Å². The minimum Gasteiger partial charge on any atom is -0.493 e. The Morgan fingerprint density at radius 2 is 0.424 bits per heavy atom. The minimum absolute atomic E-state index is 0.145. The van der Waals surface area contributed by atoms with Gasteiger partial charge in [0.2, 0.25) is 0 Å². The maximum Gasteiger partial charge on any atom is 0.196 e. The van der Waals surface area contributed by atoms with Gasteiger partial charge < -0.3 is 37.9 Å². The van der Waals surface area contributed by atoms with E-state index in [1.54, 1.807) is 121 Å². The van der Waals surface area contributed by atoms with E-state index in [0.717, 1.165) is 73.6 Å². The molecule has 12 nitrogen and oxygen atoms in total. The van der Waals surface area contributed by atoms with Crippen LogP contribution < -0.4 is 37.9 Å². The maximum absolute atomic E-state index is 13.8. The van der Waals surface area contributed by atoms with E-state index in [1.807, 2.05) is 121 Å². The van der Waals surface area contributed by atoms with Crippen molar-refractivity contribution in [3.63, 3.8) is 0 Å². The van der Waals surface area contributed by atoms with Crippen LogP contribution in [0.5, 0.6) is 46.0 Å². The molecule has 0 spiro atoms. The molecular formula is C80H72O12. The van der Waals surface area contributed by atoms with Gasteiger partial charge in [-0.15, -0.1) is 0 Å². The number of ketones is 4. The van der Waals surface area contributed by atoms with Crippen molar-refractivity contribution in [3.8, 4) is 46.0 Å². The molecule has 0 unspecified atom stereocenters. The fourth-order valence-electron chi connectivity index (χ4n) is 10.6. The summed E-state index contributed by atoms with van der Waals surface area (Å²) in [6, 6.07) is 73.9. The van der Waals surface area contributed by atoms with E-state index in [2.05, 4.69) is 0 Å². The average molecular weight is 1230 g/mol. The van der Waals surface area contributed by atoms with Crippen molar-refractivity contribution in [2.75, 3.05) is 26.4 Å². The van der Waals surface area contributed by atoms with Crippen LogP contribution in [-0.2, 0) is 26.4 Å². The van der Waals surface area contributed by atoms with Crippen LogP contribution in [0.4, 0.5) is 0 Å². The zero-order chi connectivity index (χ0) is 63.1. The van der Waals surface area contributed by atoms with Crippen molar-refractivity contribution in [1.82, 2.24) is 0 Å². The molecule has 0 radical (unpaired) electrons. The van der Waals surface area contributed by atoms with Gasteiger partial charge in [-0.25, -0.2) is 0 Å². The Labute approximate surface area is 537 Å². The minimum atomic E-state index is -0.145. The maximum atomic E-state index is 13.8. The van der Waals surface area contributed by atoms with Gasteiger partial charge >= 0.3 is 0 Å². The lowest BCUT2D eigenvalue weighted by Gasteiger charge is -2.15. The molecule has 12 bridgehead atoms. The summed E-state index contributed by atoms with van der Waals surface area (Å²) < 4.78 is 50.7. The first-order chi connectivity index (χ1) is 45.3. The number of ether oxygens (including phenoxy) is 8. The fourth-order valence-corrected chi connectivity index (χ4v) is 10.6. The van der Waals surface area contributed by atoms with Crippen molar-refractivity contribution >= 4 is 23.1 Å². The topological polar surface area (TPSA) is 142 Å². The van der Waals surface area contributed by atoms with Crippen molar-refractivity contribution < 1.29 is 57.1 Å². The van der Waals surface area contributed by atoms with Crippen LogP contribution in [0.15, 0.2) is 243 Å². The molecule has 4 aliphatic heterocycles. The van der Waals surface area contributed by atoms with Crippen LogP contribution in [0, 0.1) is 0 Å². The third-order valence-electron chi connectivity index (χ3n) is 15.7. The number of hydrogen-bond donors (Lipinski definition) is 0. The number of hydrogen-bond acceptors (Lipinski definition) is 12. The van der Waals surface area contributed by atoms with Crippen molar-refractivity contribution in [2.24, 2.45) is 0 Å². The summed E-state index contributed by atoms with van der Waals surface area (Å²) in [7, 11) is 0. The number of rotatable bonds is 8. The zero-order valence-electron chi connectivity index (χ0n) is 51.3. The van der Waals surface area contributed by atoms with Crippen LogP contribution in [0.3, 0.4) is 0 Å². The molecule has 10 aromatic rings.